The number of alkyl halides is 3. The van der Waals surface area contributed by atoms with Crippen LogP contribution in [0.3, 0.4) is 0 Å². The van der Waals surface area contributed by atoms with Gasteiger partial charge in [0.2, 0.25) is 5.91 Å². The second kappa shape index (κ2) is 8.79. The molecule has 0 spiro atoms. The van der Waals surface area contributed by atoms with Crippen LogP contribution in [0.15, 0.2) is 29.1 Å². The van der Waals surface area contributed by atoms with E-state index in [1.165, 1.54) is 12.1 Å². The van der Waals surface area contributed by atoms with Gasteiger partial charge in [-0.2, -0.15) is 13.2 Å². The van der Waals surface area contributed by atoms with Gasteiger partial charge in [-0.15, -0.1) is 10.2 Å². The minimum absolute atomic E-state index is 0.0152. The normalized spacial score (nSPS) is 11.6. The van der Waals surface area contributed by atoms with Crippen molar-refractivity contribution in [1.82, 2.24) is 20.5 Å². The predicted molar refractivity (Wildman–Crippen MR) is 93.1 cm³/mol. The Labute approximate surface area is 154 Å². The van der Waals surface area contributed by atoms with Gasteiger partial charge in [0, 0.05) is 25.8 Å². The van der Waals surface area contributed by atoms with Crippen LogP contribution in [-0.2, 0) is 23.8 Å². The largest absolute Gasteiger partial charge is 0.416 e. The standard InChI is InChI=1S/C18H21F3N4O2/c1-11(2)10-22-16(26)7-6-14-17(27)23-15(25-24-14)9-12-4-3-5-13(8-12)18(19,20)21/h3-5,8,11H,6-7,9-10H2,1-2H3,(H,22,26)(H,23,25,27). The summed E-state index contributed by atoms with van der Waals surface area (Å²) < 4.78 is 38.3. The van der Waals surface area contributed by atoms with Crippen LogP contribution in [0.5, 0.6) is 0 Å². The zero-order valence-electron chi connectivity index (χ0n) is 15.1. The van der Waals surface area contributed by atoms with Gasteiger partial charge < -0.3 is 10.3 Å². The van der Waals surface area contributed by atoms with E-state index in [2.05, 4.69) is 20.5 Å². The molecule has 0 unspecified atom stereocenters. The average Bonchev–Trinajstić information content (AvgIpc) is 2.58. The second-order valence-electron chi connectivity index (χ2n) is 6.62. The third-order valence-electron chi connectivity index (χ3n) is 3.73. The number of H-pyrrole nitrogens is 1. The molecule has 1 amide bonds. The van der Waals surface area contributed by atoms with Crippen LogP contribution in [0, 0.1) is 5.92 Å². The van der Waals surface area contributed by atoms with Crippen LogP contribution >= 0.6 is 0 Å². The molecule has 0 saturated carbocycles. The van der Waals surface area contributed by atoms with E-state index in [1.54, 1.807) is 0 Å². The van der Waals surface area contributed by atoms with Crippen molar-refractivity contribution in [2.45, 2.75) is 39.3 Å². The molecular weight excluding hydrogens is 361 g/mol. The Morgan fingerprint density at radius 2 is 2.00 bits per heavy atom. The number of hydrogen-bond acceptors (Lipinski definition) is 4. The monoisotopic (exact) mass is 382 g/mol. The molecule has 1 heterocycles. The topological polar surface area (TPSA) is 87.7 Å². The SMILES string of the molecule is CC(C)CNC(=O)CCc1nnc(Cc2cccc(C(F)(F)F)c2)[nH]c1=O. The molecular formula is C18H21F3N4O2. The van der Waals surface area contributed by atoms with Gasteiger partial charge in [-0.3, -0.25) is 9.59 Å². The highest BCUT2D eigenvalue weighted by Gasteiger charge is 2.30. The fourth-order valence-electron chi connectivity index (χ4n) is 2.33. The summed E-state index contributed by atoms with van der Waals surface area (Å²) in [4.78, 5) is 26.3. The molecule has 9 heteroatoms. The molecule has 6 nitrogen and oxygen atoms in total. The number of halogens is 3. The van der Waals surface area contributed by atoms with Gasteiger partial charge in [-0.1, -0.05) is 32.0 Å². The lowest BCUT2D eigenvalue weighted by molar-refractivity contribution is -0.137. The highest BCUT2D eigenvalue weighted by Crippen LogP contribution is 2.29. The van der Waals surface area contributed by atoms with Crippen LogP contribution in [-0.4, -0.2) is 27.6 Å². The Bertz CT molecular complexity index is 847. The minimum Gasteiger partial charge on any atom is -0.356 e. The highest BCUT2D eigenvalue weighted by molar-refractivity contribution is 5.76. The van der Waals surface area contributed by atoms with E-state index in [9.17, 15) is 22.8 Å². The van der Waals surface area contributed by atoms with E-state index in [-0.39, 0.29) is 36.7 Å². The van der Waals surface area contributed by atoms with Gasteiger partial charge in [-0.25, -0.2) is 0 Å². The molecule has 0 bridgehead atoms. The zero-order valence-corrected chi connectivity index (χ0v) is 15.1. The fraction of sp³-hybridized carbons (Fsp3) is 0.444. The Kier molecular flexibility index (Phi) is 6.70. The highest BCUT2D eigenvalue weighted by atomic mass is 19.4. The van der Waals surface area contributed by atoms with E-state index in [1.807, 2.05) is 13.8 Å². The maximum absolute atomic E-state index is 12.8. The van der Waals surface area contributed by atoms with Crippen LogP contribution < -0.4 is 10.9 Å². The Morgan fingerprint density at radius 1 is 1.26 bits per heavy atom. The summed E-state index contributed by atoms with van der Waals surface area (Å²) in [6.45, 7) is 4.50. The number of nitrogens with one attached hydrogen (secondary N) is 2. The maximum atomic E-state index is 12.8. The number of amides is 1. The number of benzene rings is 1. The van der Waals surface area contributed by atoms with Crippen molar-refractivity contribution in [3.8, 4) is 0 Å². The summed E-state index contributed by atoms with van der Waals surface area (Å²) in [5, 5.41) is 10.4. The van der Waals surface area contributed by atoms with E-state index >= 15 is 0 Å². The molecule has 0 aliphatic rings. The molecule has 0 aliphatic heterocycles. The molecule has 0 aliphatic carbocycles. The minimum atomic E-state index is -4.44. The maximum Gasteiger partial charge on any atom is 0.416 e. The lowest BCUT2D eigenvalue weighted by Gasteiger charge is -2.08. The van der Waals surface area contributed by atoms with Crippen molar-refractivity contribution in [2.75, 3.05) is 6.54 Å². The van der Waals surface area contributed by atoms with Crippen molar-refractivity contribution in [2.24, 2.45) is 5.92 Å². The van der Waals surface area contributed by atoms with Gasteiger partial charge in [-0.05, 0) is 17.5 Å². The number of aromatic amines is 1. The first-order chi connectivity index (χ1) is 12.6. The summed E-state index contributed by atoms with van der Waals surface area (Å²) in [5.74, 6) is 0.303. The molecule has 27 heavy (non-hydrogen) atoms. The Morgan fingerprint density at radius 3 is 2.63 bits per heavy atom. The number of carbonyl (C=O) groups is 1. The average molecular weight is 382 g/mol. The van der Waals surface area contributed by atoms with Crippen molar-refractivity contribution in [3.63, 3.8) is 0 Å². The summed E-state index contributed by atoms with van der Waals surface area (Å²) in [5.41, 5.74) is -0.791. The van der Waals surface area contributed by atoms with Crippen LogP contribution in [0.4, 0.5) is 13.2 Å². The number of carbonyl (C=O) groups excluding carboxylic acids is 1. The van der Waals surface area contributed by atoms with Gasteiger partial charge in [0.15, 0.2) is 0 Å². The van der Waals surface area contributed by atoms with Gasteiger partial charge in [0.05, 0.1) is 5.56 Å². The first-order valence-electron chi connectivity index (χ1n) is 8.52. The van der Waals surface area contributed by atoms with Gasteiger partial charge in [0.1, 0.15) is 11.5 Å². The summed E-state index contributed by atoms with van der Waals surface area (Å²) in [6, 6.07) is 4.80. The number of rotatable bonds is 7. The molecule has 1 aromatic carbocycles. The van der Waals surface area contributed by atoms with Crippen molar-refractivity contribution in [3.05, 3.63) is 57.3 Å². The Hall–Kier alpha value is -2.71. The first-order valence-corrected chi connectivity index (χ1v) is 8.52. The molecule has 0 atom stereocenters. The first kappa shape index (κ1) is 20.6. The Balaban J connectivity index is 2.00. The fourth-order valence-corrected chi connectivity index (χ4v) is 2.33. The van der Waals surface area contributed by atoms with Crippen LogP contribution in [0.2, 0.25) is 0 Å². The second-order valence-corrected chi connectivity index (χ2v) is 6.62. The summed E-state index contributed by atoms with van der Waals surface area (Å²) in [7, 11) is 0. The van der Waals surface area contributed by atoms with Crippen molar-refractivity contribution >= 4 is 5.91 Å². The number of aromatic nitrogens is 3. The molecule has 2 rings (SSSR count). The van der Waals surface area contributed by atoms with Crippen molar-refractivity contribution < 1.29 is 18.0 Å². The van der Waals surface area contributed by atoms with Crippen molar-refractivity contribution in [1.29, 1.82) is 0 Å². The molecule has 0 radical (unpaired) electrons. The molecule has 2 N–H and O–H groups in total. The third kappa shape index (κ3) is 6.50. The third-order valence-corrected chi connectivity index (χ3v) is 3.73. The van der Waals surface area contributed by atoms with E-state index in [0.29, 0.717) is 18.0 Å². The molecule has 146 valence electrons. The lowest BCUT2D eigenvalue weighted by Crippen LogP contribution is -2.28. The van der Waals surface area contributed by atoms with Gasteiger partial charge >= 0.3 is 6.18 Å². The quantitative estimate of drug-likeness (QED) is 0.770. The number of aryl methyl sites for hydroxylation is 1. The van der Waals surface area contributed by atoms with E-state index in [0.717, 1.165) is 12.1 Å². The predicted octanol–water partition coefficient (Wildman–Crippen LogP) is 2.48. The van der Waals surface area contributed by atoms with E-state index in [4.69, 9.17) is 0 Å². The van der Waals surface area contributed by atoms with Crippen LogP contribution in [0.1, 0.15) is 42.9 Å². The molecule has 0 fully saturated rings. The molecule has 1 aromatic heterocycles. The number of nitrogens with zero attached hydrogens (tertiary/aromatic N) is 2. The van der Waals surface area contributed by atoms with E-state index < -0.39 is 17.3 Å². The van der Waals surface area contributed by atoms with Gasteiger partial charge in [0.25, 0.3) is 5.56 Å². The lowest BCUT2D eigenvalue weighted by atomic mass is 10.1. The summed E-state index contributed by atoms with van der Waals surface area (Å²) >= 11 is 0. The smallest absolute Gasteiger partial charge is 0.356 e. The molecule has 0 saturated heterocycles. The zero-order chi connectivity index (χ0) is 20.0. The van der Waals surface area contributed by atoms with Crippen LogP contribution in [0.25, 0.3) is 0 Å². The molecule has 2 aromatic rings. The summed E-state index contributed by atoms with van der Waals surface area (Å²) in [6.07, 6.45) is -4.18. The number of hydrogen-bond donors (Lipinski definition) is 2.